The van der Waals surface area contributed by atoms with Crippen LogP contribution in [0.15, 0.2) is 18.7 Å². The molecule has 0 N–H and O–H groups in total. The lowest BCUT2D eigenvalue weighted by atomic mass is 9.94. The van der Waals surface area contributed by atoms with E-state index in [1.54, 1.807) is 12.5 Å². The highest BCUT2D eigenvalue weighted by atomic mass is 35.5. The van der Waals surface area contributed by atoms with Crippen molar-refractivity contribution in [2.75, 3.05) is 11.9 Å². The zero-order valence-electron chi connectivity index (χ0n) is 10.3. The second-order valence-corrected chi connectivity index (χ2v) is 5.35. The van der Waals surface area contributed by atoms with E-state index in [0.29, 0.717) is 6.04 Å². The first kappa shape index (κ1) is 11.7. The summed E-state index contributed by atoms with van der Waals surface area (Å²) in [5.41, 5.74) is 0.787. The van der Waals surface area contributed by atoms with Crippen LogP contribution < -0.4 is 4.90 Å². The second-order valence-electron chi connectivity index (χ2n) is 4.79. The summed E-state index contributed by atoms with van der Waals surface area (Å²) in [4.78, 5) is 6.59. The fourth-order valence-electron chi connectivity index (χ4n) is 2.65. The predicted octanol–water partition coefficient (Wildman–Crippen LogP) is 2.11. The van der Waals surface area contributed by atoms with Crippen molar-refractivity contribution in [2.45, 2.75) is 37.1 Å². The first-order chi connectivity index (χ1) is 8.77. The lowest BCUT2D eigenvalue weighted by Gasteiger charge is -2.35. The molecule has 2 heterocycles. The number of rotatable bonds is 2. The molecule has 3 rings (SSSR count). The molecule has 2 aromatic heterocycles. The highest BCUT2D eigenvalue weighted by molar-refractivity contribution is 6.21. The van der Waals surface area contributed by atoms with Gasteiger partial charge in [-0.05, 0) is 12.8 Å². The summed E-state index contributed by atoms with van der Waals surface area (Å²) in [6.45, 7) is 0. The highest BCUT2D eigenvalue weighted by Gasteiger charge is 2.28. The largest absolute Gasteiger partial charge is 0.352 e. The van der Waals surface area contributed by atoms with Crippen molar-refractivity contribution >= 4 is 23.1 Å². The van der Waals surface area contributed by atoms with Crippen molar-refractivity contribution in [2.24, 2.45) is 0 Å². The molecule has 0 amide bonds. The van der Waals surface area contributed by atoms with Gasteiger partial charge in [-0.1, -0.05) is 12.8 Å². The van der Waals surface area contributed by atoms with Gasteiger partial charge in [-0.25, -0.2) is 4.98 Å². The van der Waals surface area contributed by atoms with Gasteiger partial charge in [-0.3, -0.25) is 4.40 Å². The van der Waals surface area contributed by atoms with E-state index in [0.717, 1.165) is 24.3 Å². The summed E-state index contributed by atoms with van der Waals surface area (Å²) in [6.07, 6.45) is 9.95. The predicted molar refractivity (Wildman–Crippen MR) is 71.1 cm³/mol. The number of alkyl halides is 1. The maximum atomic E-state index is 6.44. The number of halogens is 1. The number of anilines is 1. The molecule has 18 heavy (non-hydrogen) atoms. The molecule has 1 aliphatic rings. The molecule has 2 unspecified atom stereocenters. The van der Waals surface area contributed by atoms with E-state index >= 15 is 0 Å². The topological polar surface area (TPSA) is 46.3 Å². The van der Waals surface area contributed by atoms with Crippen LogP contribution in [0.4, 0.5) is 5.82 Å². The molecule has 0 aliphatic heterocycles. The third kappa shape index (κ3) is 1.92. The van der Waals surface area contributed by atoms with Crippen LogP contribution in [0.5, 0.6) is 0 Å². The van der Waals surface area contributed by atoms with Gasteiger partial charge in [-0.2, -0.15) is 0 Å². The fourth-order valence-corrected chi connectivity index (χ4v) is 3.10. The SMILES string of the molecule is CN(c1nccn2cnnc12)C1CCCCC1Cl. The normalized spacial score (nSPS) is 24.3. The summed E-state index contributed by atoms with van der Waals surface area (Å²) in [6, 6.07) is 0.329. The summed E-state index contributed by atoms with van der Waals surface area (Å²) in [5, 5.41) is 8.24. The van der Waals surface area contributed by atoms with E-state index in [2.05, 4.69) is 20.1 Å². The highest BCUT2D eigenvalue weighted by Crippen LogP contribution is 2.29. The van der Waals surface area contributed by atoms with Crippen LogP contribution in [0.1, 0.15) is 25.7 Å². The average Bonchev–Trinajstić information content (AvgIpc) is 2.86. The smallest absolute Gasteiger partial charge is 0.203 e. The molecular weight excluding hydrogens is 250 g/mol. The third-order valence-corrected chi connectivity index (χ3v) is 4.19. The van der Waals surface area contributed by atoms with Crippen molar-refractivity contribution < 1.29 is 0 Å². The second kappa shape index (κ2) is 4.72. The minimum Gasteiger partial charge on any atom is -0.352 e. The first-order valence-corrected chi connectivity index (χ1v) is 6.72. The Morgan fingerprint density at radius 3 is 3.06 bits per heavy atom. The van der Waals surface area contributed by atoms with Crippen LogP contribution in [0, 0.1) is 0 Å². The van der Waals surface area contributed by atoms with Crippen molar-refractivity contribution in [3.63, 3.8) is 0 Å². The molecule has 1 saturated carbocycles. The van der Waals surface area contributed by atoms with Crippen molar-refractivity contribution in [3.05, 3.63) is 18.7 Å². The fraction of sp³-hybridized carbons (Fsp3) is 0.583. The molecule has 0 bridgehead atoms. The summed E-state index contributed by atoms with van der Waals surface area (Å²) >= 11 is 6.44. The number of fused-ring (bicyclic) bond motifs is 1. The van der Waals surface area contributed by atoms with E-state index in [-0.39, 0.29) is 5.38 Å². The molecule has 1 fully saturated rings. The monoisotopic (exact) mass is 265 g/mol. The molecular formula is C12H16ClN5. The van der Waals surface area contributed by atoms with Crippen LogP contribution in [-0.2, 0) is 0 Å². The van der Waals surface area contributed by atoms with Gasteiger partial charge >= 0.3 is 0 Å². The van der Waals surface area contributed by atoms with Gasteiger partial charge in [0.15, 0.2) is 5.82 Å². The van der Waals surface area contributed by atoms with E-state index in [9.17, 15) is 0 Å². The molecule has 6 heteroatoms. The molecule has 2 atom stereocenters. The van der Waals surface area contributed by atoms with Crippen molar-refractivity contribution in [3.8, 4) is 0 Å². The van der Waals surface area contributed by atoms with E-state index in [1.165, 1.54) is 12.8 Å². The summed E-state index contributed by atoms with van der Waals surface area (Å²) in [7, 11) is 2.04. The van der Waals surface area contributed by atoms with E-state index < -0.39 is 0 Å². The number of hydrogen-bond acceptors (Lipinski definition) is 4. The number of hydrogen-bond donors (Lipinski definition) is 0. The van der Waals surface area contributed by atoms with Gasteiger partial charge in [-0.15, -0.1) is 21.8 Å². The van der Waals surface area contributed by atoms with Gasteiger partial charge in [0.25, 0.3) is 0 Å². The maximum Gasteiger partial charge on any atom is 0.203 e. The Bertz CT molecular complexity index is 540. The van der Waals surface area contributed by atoms with Gasteiger partial charge < -0.3 is 4.90 Å². The van der Waals surface area contributed by atoms with Crippen LogP contribution >= 0.6 is 11.6 Å². The Morgan fingerprint density at radius 2 is 2.22 bits per heavy atom. The zero-order valence-corrected chi connectivity index (χ0v) is 11.1. The summed E-state index contributed by atoms with van der Waals surface area (Å²) in [5.74, 6) is 0.854. The Hall–Kier alpha value is -1.36. The van der Waals surface area contributed by atoms with Gasteiger partial charge in [0.05, 0.1) is 5.38 Å². The van der Waals surface area contributed by atoms with E-state index in [1.807, 2.05) is 17.6 Å². The third-order valence-electron chi connectivity index (χ3n) is 3.68. The lowest BCUT2D eigenvalue weighted by Crippen LogP contribution is -2.41. The summed E-state index contributed by atoms with van der Waals surface area (Å²) < 4.78 is 1.88. The van der Waals surface area contributed by atoms with Crippen LogP contribution in [0.3, 0.4) is 0 Å². The zero-order chi connectivity index (χ0) is 12.5. The number of nitrogens with zero attached hydrogens (tertiary/aromatic N) is 5. The van der Waals surface area contributed by atoms with E-state index in [4.69, 9.17) is 11.6 Å². The van der Waals surface area contributed by atoms with Gasteiger partial charge in [0.2, 0.25) is 5.65 Å². The molecule has 0 spiro atoms. The molecule has 2 aromatic rings. The van der Waals surface area contributed by atoms with Gasteiger partial charge in [0.1, 0.15) is 6.33 Å². The first-order valence-electron chi connectivity index (χ1n) is 6.28. The standard InChI is InChI=1S/C12H16ClN5/c1-17(10-5-3-2-4-9(10)13)11-12-16-15-8-18(12)7-6-14-11/h6-10H,2-5H2,1H3. The Balaban J connectivity index is 1.95. The van der Waals surface area contributed by atoms with Crippen molar-refractivity contribution in [1.29, 1.82) is 0 Å². The van der Waals surface area contributed by atoms with Crippen LogP contribution in [0.2, 0.25) is 0 Å². The number of aromatic nitrogens is 4. The molecule has 96 valence electrons. The minimum absolute atomic E-state index is 0.189. The Labute approximate surface area is 111 Å². The minimum atomic E-state index is 0.189. The lowest BCUT2D eigenvalue weighted by molar-refractivity contribution is 0.433. The molecule has 1 aliphatic carbocycles. The molecule has 5 nitrogen and oxygen atoms in total. The van der Waals surface area contributed by atoms with Gasteiger partial charge in [0, 0.05) is 25.5 Å². The molecule has 0 radical (unpaired) electrons. The Morgan fingerprint density at radius 1 is 1.39 bits per heavy atom. The average molecular weight is 266 g/mol. The molecule has 0 saturated heterocycles. The Kier molecular flexibility index (Phi) is 3.07. The van der Waals surface area contributed by atoms with Crippen molar-refractivity contribution in [1.82, 2.24) is 19.6 Å². The molecule has 0 aromatic carbocycles. The maximum absolute atomic E-state index is 6.44. The van der Waals surface area contributed by atoms with Crippen LogP contribution in [-0.4, -0.2) is 38.0 Å². The van der Waals surface area contributed by atoms with Crippen LogP contribution in [0.25, 0.3) is 5.65 Å². The quantitative estimate of drug-likeness (QED) is 0.781.